The van der Waals surface area contributed by atoms with E-state index < -0.39 is 0 Å². The predicted molar refractivity (Wildman–Crippen MR) is 30.0 cm³/mol. The van der Waals surface area contributed by atoms with Crippen LogP contribution in [0.2, 0.25) is 0 Å². The normalized spacial score (nSPS) is 9.14. The summed E-state index contributed by atoms with van der Waals surface area (Å²) in [6, 6.07) is 0. The lowest BCUT2D eigenvalue weighted by atomic mass is 11.3. The number of nitrogens with zero attached hydrogens (tertiary/aromatic N) is 2. The van der Waals surface area contributed by atoms with Gasteiger partial charge in [-0.3, -0.25) is 0 Å². The molecule has 0 aliphatic carbocycles. The Morgan fingerprint density at radius 3 is 2.43 bits per heavy atom. The van der Waals surface area contributed by atoms with Crippen LogP contribution in [0, 0.1) is 0 Å². The first-order valence-electron chi connectivity index (χ1n) is 1.55. The van der Waals surface area contributed by atoms with Gasteiger partial charge in [0.05, 0.1) is 0 Å². The maximum atomic E-state index is 5.16. The smallest absolute Gasteiger partial charge is 0.107 e. The molecule has 38 valence electrons. The number of nitrogen functional groups attached to an aromatic ring is 1. The van der Waals surface area contributed by atoms with E-state index in [1.165, 1.54) is 11.3 Å². The van der Waals surface area contributed by atoms with E-state index in [1.54, 1.807) is 0 Å². The van der Waals surface area contributed by atoms with Crippen LogP contribution < -0.4 is 5.73 Å². The van der Waals surface area contributed by atoms with E-state index >= 15 is 0 Å². The molecule has 0 bridgehead atoms. The van der Waals surface area contributed by atoms with Gasteiger partial charge in [0.1, 0.15) is 5.13 Å². The Balaban J connectivity index is 3.04. The first-order valence-corrected chi connectivity index (χ1v) is 2.77. The van der Waals surface area contributed by atoms with Crippen LogP contribution in [0.5, 0.6) is 0 Å². The number of anilines is 1. The number of rotatable bonds is 0. The molecule has 0 aromatic carbocycles. The van der Waals surface area contributed by atoms with Crippen molar-refractivity contribution in [3.63, 3.8) is 0 Å². The van der Waals surface area contributed by atoms with E-state index in [2.05, 4.69) is 22.8 Å². The van der Waals surface area contributed by atoms with Crippen LogP contribution in [0.4, 0.5) is 5.13 Å². The minimum atomic E-state index is 0.435. The number of hydrogen-bond donors (Lipinski definition) is 1. The number of hydrogen-bond acceptors (Lipinski definition) is 5. The molecule has 3 nitrogen and oxygen atoms in total. The zero-order chi connectivity index (χ0) is 5.28. The van der Waals surface area contributed by atoms with Crippen LogP contribution in [-0.2, 0) is 12.6 Å². The fourth-order valence-electron chi connectivity index (χ4n) is 0.220. The maximum absolute atomic E-state index is 5.16. The standard InChI is InChI=1S/C2H3N3S2/c3-1-4-5-2(6)7-1/h(H2,3,4)(H,5,6)/p-1. The lowest BCUT2D eigenvalue weighted by Crippen LogP contribution is -1.79. The molecule has 0 spiro atoms. The molecule has 0 saturated heterocycles. The topological polar surface area (TPSA) is 51.8 Å². The van der Waals surface area contributed by atoms with Gasteiger partial charge < -0.3 is 29.7 Å². The molecule has 0 aliphatic rings. The van der Waals surface area contributed by atoms with E-state index in [1.807, 2.05) is 0 Å². The van der Waals surface area contributed by atoms with Crippen molar-refractivity contribution in [2.75, 3.05) is 5.73 Å². The number of nitrogens with two attached hydrogens (primary N) is 1. The third-order valence-electron chi connectivity index (χ3n) is 0.422. The minimum Gasteiger partial charge on any atom is -0.406 e. The fourth-order valence-corrected chi connectivity index (χ4v) is 0.860. The van der Waals surface area contributed by atoms with Gasteiger partial charge >= 0.3 is 0 Å². The predicted octanol–water partition coefficient (Wildman–Crippen LogP) is 0.0261. The Hall–Kier alpha value is -0.420. The second-order valence-corrected chi connectivity index (χ2v) is 2.56. The minimum absolute atomic E-state index is 0.435. The van der Waals surface area contributed by atoms with E-state index in [0.717, 1.165) is 0 Å². The molecular formula is C2H2N3S2-. The first-order chi connectivity index (χ1) is 3.29. The maximum Gasteiger partial charge on any atom is 0.107 e. The van der Waals surface area contributed by atoms with Crippen molar-refractivity contribution < 1.29 is 0 Å². The summed E-state index contributed by atoms with van der Waals surface area (Å²) in [5, 5.41) is 7.37. The monoisotopic (exact) mass is 132 g/mol. The molecule has 5 heteroatoms. The lowest BCUT2D eigenvalue weighted by molar-refractivity contribution is 1.02. The third kappa shape index (κ3) is 0.971. The summed E-state index contributed by atoms with van der Waals surface area (Å²) >= 11 is 5.81. The SMILES string of the molecule is Nc1nnc([S-])s1. The molecular weight excluding hydrogens is 130 g/mol. The molecule has 1 aromatic heterocycles. The largest absolute Gasteiger partial charge is 0.406 e. The molecule has 1 rings (SSSR count). The van der Waals surface area contributed by atoms with Gasteiger partial charge in [-0.2, -0.15) is 5.10 Å². The zero-order valence-corrected chi connectivity index (χ0v) is 4.92. The molecule has 0 saturated carbocycles. The molecule has 1 aromatic rings. The summed E-state index contributed by atoms with van der Waals surface area (Å²) in [6.07, 6.45) is 0. The molecule has 0 radical (unpaired) electrons. The summed E-state index contributed by atoms with van der Waals surface area (Å²) in [6.45, 7) is 0. The van der Waals surface area contributed by atoms with Crippen LogP contribution >= 0.6 is 11.3 Å². The highest BCUT2D eigenvalue weighted by atomic mass is 32.2. The van der Waals surface area contributed by atoms with Gasteiger partial charge in [0, 0.05) is 0 Å². The Bertz CT molecular complexity index is 143. The van der Waals surface area contributed by atoms with Crippen molar-refractivity contribution in [1.29, 1.82) is 0 Å². The Morgan fingerprint density at radius 2 is 2.29 bits per heavy atom. The molecule has 0 amide bonds. The highest BCUT2D eigenvalue weighted by molar-refractivity contribution is 7.62. The van der Waals surface area contributed by atoms with E-state index in [0.29, 0.717) is 9.47 Å². The van der Waals surface area contributed by atoms with Crippen molar-refractivity contribution in [3.05, 3.63) is 0 Å². The van der Waals surface area contributed by atoms with Crippen LogP contribution in [0.25, 0.3) is 0 Å². The number of aromatic nitrogens is 2. The van der Waals surface area contributed by atoms with Gasteiger partial charge in [-0.1, -0.05) is 0 Å². The van der Waals surface area contributed by atoms with Gasteiger partial charge in [0.25, 0.3) is 0 Å². The quantitative estimate of drug-likeness (QED) is 0.506. The van der Waals surface area contributed by atoms with Crippen molar-refractivity contribution >= 4 is 29.1 Å². The zero-order valence-electron chi connectivity index (χ0n) is 3.29. The van der Waals surface area contributed by atoms with E-state index in [4.69, 9.17) is 5.73 Å². The average molecular weight is 132 g/mol. The van der Waals surface area contributed by atoms with Crippen LogP contribution in [0.3, 0.4) is 0 Å². The van der Waals surface area contributed by atoms with Crippen molar-refractivity contribution in [2.45, 2.75) is 4.34 Å². The lowest BCUT2D eigenvalue weighted by Gasteiger charge is -1.82. The van der Waals surface area contributed by atoms with Crippen molar-refractivity contribution in [3.8, 4) is 0 Å². The highest BCUT2D eigenvalue weighted by Crippen LogP contribution is 2.08. The highest BCUT2D eigenvalue weighted by Gasteiger charge is 1.77. The summed E-state index contributed by atoms with van der Waals surface area (Å²) in [5.74, 6) is 0. The molecule has 0 aliphatic heterocycles. The average Bonchev–Trinajstić information content (AvgIpc) is 1.87. The van der Waals surface area contributed by atoms with Gasteiger partial charge in [-0.25, -0.2) is 0 Å². The van der Waals surface area contributed by atoms with Gasteiger partial charge in [0.15, 0.2) is 0 Å². The van der Waals surface area contributed by atoms with Crippen molar-refractivity contribution in [1.82, 2.24) is 10.2 Å². The Morgan fingerprint density at radius 1 is 1.57 bits per heavy atom. The summed E-state index contributed by atoms with van der Waals surface area (Å²) in [5.41, 5.74) is 5.16. The van der Waals surface area contributed by atoms with Crippen molar-refractivity contribution in [2.24, 2.45) is 0 Å². The molecule has 0 fully saturated rings. The van der Waals surface area contributed by atoms with Gasteiger partial charge in [-0.05, 0) is 4.34 Å². The molecule has 1 heterocycles. The fraction of sp³-hybridized carbons (Fsp3) is 0. The first kappa shape index (κ1) is 4.73. The molecule has 2 N–H and O–H groups in total. The second kappa shape index (κ2) is 1.59. The molecule has 0 unspecified atom stereocenters. The van der Waals surface area contributed by atoms with Gasteiger partial charge in [0.2, 0.25) is 0 Å². The van der Waals surface area contributed by atoms with Crippen LogP contribution in [0.15, 0.2) is 4.34 Å². The Labute approximate surface area is 50.0 Å². The van der Waals surface area contributed by atoms with Crippen LogP contribution in [-0.4, -0.2) is 10.2 Å². The van der Waals surface area contributed by atoms with E-state index in [9.17, 15) is 0 Å². The van der Waals surface area contributed by atoms with Gasteiger partial charge in [-0.15, -0.1) is 5.10 Å². The summed E-state index contributed by atoms with van der Waals surface area (Å²) in [7, 11) is 0. The van der Waals surface area contributed by atoms with Crippen LogP contribution in [0.1, 0.15) is 0 Å². The second-order valence-electron chi connectivity index (χ2n) is 0.906. The Kier molecular flexibility index (Phi) is 1.07. The van der Waals surface area contributed by atoms with E-state index in [-0.39, 0.29) is 0 Å². The summed E-state index contributed by atoms with van der Waals surface area (Å²) in [4.78, 5) is 0. The molecule has 7 heavy (non-hydrogen) atoms. The summed E-state index contributed by atoms with van der Waals surface area (Å²) < 4.78 is 0.498. The molecule has 0 atom stereocenters. The third-order valence-corrected chi connectivity index (χ3v) is 1.30.